The first-order valence-corrected chi connectivity index (χ1v) is 7.31. The summed E-state index contributed by atoms with van der Waals surface area (Å²) in [6.45, 7) is 4.66. The van der Waals surface area contributed by atoms with Gasteiger partial charge in [-0.25, -0.2) is 4.39 Å². The zero-order valence-electron chi connectivity index (χ0n) is 12.8. The predicted molar refractivity (Wildman–Crippen MR) is 84.3 cm³/mol. The standard InChI is InChI=1S/C18H22FNO/c1-4-9-21-17-8-6-5-7-16(17)18(20-3)14-10-13(2)11-15(19)12-14/h5-8,10-12,18,20H,4,9H2,1-3H3. The summed E-state index contributed by atoms with van der Waals surface area (Å²) >= 11 is 0. The molecule has 0 saturated carbocycles. The lowest BCUT2D eigenvalue weighted by atomic mass is 9.96. The summed E-state index contributed by atoms with van der Waals surface area (Å²) in [4.78, 5) is 0. The van der Waals surface area contributed by atoms with E-state index in [9.17, 15) is 4.39 Å². The van der Waals surface area contributed by atoms with Gasteiger partial charge in [0.05, 0.1) is 12.6 Å². The van der Waals surface area contributed by atoms with Gasteiger partial charge >= 0.3 is 0 Å². The number of ether oxygens (including phenoxy) is 1. The number of nitrogens with one attached hydrogen (secondary N) is 1. The smallest absolute Gasteiger partial charge is 0.124 e. The van der Waals surface area contributed by atoms with Crippen LogP contribution in [0.4, 0.5) is 4.39 Å². The van der Waals surface area contributed by atoms with Gasteiger partial charge in [-0.3, -0.25) is 0 Å². The van der Waals surface area contributed by atoms with E-state index in [1.165, 1.54) is 6.07 Å². The number of rotatable bonds is 6. The molecule has 2 aromatic carbocycles. The van der Waals surface area contributed by atoms with Crippen LogP contribution >= 0.6 is 0 Å². The Morgan fingerprint density at radius 2 is 1.95 bits per heavy atom. The van der Waals surface area contributed by atoms with Crippen LogP contribution < -0.4 is 10.1 Å². The molecule has 0 heterocycles. The average molecular weight is 287 g/mol. The Kier molecular flexibility index (Phi) is 5.34. The molecule has 3 heteroatoms. The Labute approximate surface area is 126 Å². The third-order valence-corrected chi connectivity index (χ3v) is 3.38. The number of aryl methyl sites for hydroxylation is 1. The fourth-order valence-corrected chi connectivity index (χ4v) is 2.50. The summed E-state index contributed by atoms with van der Waals surface area (Å²) in [5, 5.41) is 3.26. The van der Waals surface area contributed by atoms with Gasteiger partial charge in [-0.15, -0.1) is 0 Å². The highest BCUT2D eigenvalue weighted by atomic mass is 19.1. The zero-order valence-corrected chi connectivity index (χ0v) is 12.8. The van der Waals surface area contributed by atoms with Crippen molar-refractivity contribution in [1.82, 2.24) is 5.32 Å². The van der Waals surface area contributed by atoms with E-state index in [1.807, 2.05) is 44.3 Å². The molecule has 2 aromatic rings. The first-order chi connectivity index (χ1) is 10.2. The molecule has 0 aliphatic heterocycles. The Balaban J connectivity index is 2.41. The molecule has 112 valence electrons. The van der Waals surface area contributed by atoms with Crippen molar-refractivity contribution >= 4 is 0 Å². The molecule has 2 nitrogen and oxygen atoms in total. The Hall–Kier alpha value is -1.87. The second kappa shape index (κ2) is 7.23. The largest absolute Gasteiger partial charge is 0.493 e. The zero-order chi connectivity index (χ0) is 15.2. The van der Waals surface area contributed by atoms with Gasteiger partial charge < -0.3 is 10.1 Å². The topological polar surface area (TPSA) is 21.3 Å². The average Bonchev–Trinajstić information content (AvgIpc) is 2.46. The molecule has 0 bridgehead atoms. The van der Waals surface area contributed by atoms with Gasteiger partial charge in [-0.2, -0.15) is 0 Å². The molecular weight excluding hydrogens is 265 g/mol. The van der Waals surface area contributed by atoms with Crippen LogP contribution in [0.5, 0.6) is 5.75 Å². The van der Waals surface area contributed by atoms with Crippen LogP contribution in [0, 0.1) is 12.7 Å². The Morgan fingerprint density at radius 3 is 2.62 bits per heavy atom. The van der Waals surface area contributed by atoms with E-state index < -0.39 is 0 Å². The third-order valence-electron chi connectivity index (χ3n) is 3.38. The molecule has 0 amide bonds. The third kappa shape index (κ3) is 3.82. The Morgan fingerprint density at radius 1 is 1.19 bits per heavy atom. The summed E-state index contributed by atoms with van der Waals surface area (Å²) < 4.78 is 19.5. The van der Waals surface area contributed by atoms with Crippen LogP contribution in [-0.2, 0) is 0 Å². The second-order valence-electron chi connectivity index (χ2n) is 5.17. The molecule has 0 spiro atoms. The van der Waals surface area contributed by atoms with Crippen LogP contribution in [0.3, 0.4) is 0 Å². The van der Waals surface area contributed by atoms with Crippen molar-refractivity contribution < 1.29 is 9.13 Å². The van der Waals surface area contributed by atoms with E-state index in [0.29, 0.717) is 6.61 Å². The number of hydrogen-bond acceptors (Lipinski definition) is 2. The molecule has 1 N–H and O–H groups in total. The van der Waals surface area contributed by atoms with Crippen LogP contribution in [0.15, 0.2) is 42.5 Å². The minimum atomic E-state index is -0.211. The van der Waals surface area contributed by atoms with Crippen LogP contribution in [0.2, 0.25) is 0 Å². The number of para-hydroxylation sites is 1. The van der Waals surface area contributed by atoms with Crippen molar-refractivity contribution in [2.75, 3.05) is 13.7 Å². The molecular formula is C18H22FNO. The lowest BCUT2D eigenvalue weighted by molar-refractivity contribution is 0.312. The van der Waals surface area contributed by atoms with E-state index in [1.54, 1.807) is 6.07 Å². The molecule has 1 unspecified atom stereocenters. The Bertz CT molecular complexity index is 577. The number of halogens is 1. The van der Waals surface area contributed by atoms with E-state index in [-0.39, 0.29) is 11.9 Å². The lowest BCUT2D eigenvalue weighted by Crippen LogP contribution is -2.19. The van der Waals surface area contributed by atoms with Gasteiger partial charge in [0, 0.05) is 5.56 Å². The molecule has 21 heavy (non-hydrogen) atoms. The van der Waals surface area contributed by atoms with Crippen LogP contribution in [0.25, 0.3) is 0 Å². The van der Waals surface area contributed by atoms with E-state index in [0.717, 1.165) is 28.9 Å². The normalized spacial score (nSPS) is 12.2. The first-order valence-electron chi connectivity index (χ1n) is 7.31. The lowest BCUT2D eigenvalue weighted by Gasteiger charge is -2.21. The maximum Gasteiger partial charge on any atom is 0.124 e. The highest BCUT2D eigenvalue weighted by Crippen LogP contribution is 2.30. The van der Waals surface area contributed by atoms with Crippen LogP contribution in [0.1, 0.15) is 36.1 Å². The molecule has 0 radical (unpaired) electrons. The molecule has 0 fully saturated rings. The van der Waals surface area contributed by atoms with E-state index in [4.69, 9.17) is 4.74 Å². The van der Waals surface area contributed by atoms with Crippen molar-refractivity contribution in [3.63, 3.8) is 0 Å². The van der Waals surface area contributed by atoms with Gasteiger partial charge in [-0.1, -0.05) is 31.2 Å². The summed E-state index contributed by atoms with van der Waals surface area (Å²) in [5.41, 5.74) is 2.85. The van der Waals surface area contributed by atoms with Gasteiger partial charge in [0.15, 0.2) is 0 Å². The van der Waals surface area contributed by atoms with Crippen molar-refractivity contribution in [1.29, 1.82) is 0 Å². The minimum Gasteiger partial charge on any atom is -0.493 e. The SMILES string of the molecule is CCCOc1ccccc1C(NC)c1cc(C)cc(F)c1. The molecule has 0 saturated heterocycles. The fourth-order valence-electron chi connectivity index (χ4n) is 2.50. The highest BCUT2D eigenvalue weighted by Gasteiger charge is 2.17. The molecule has 0 aliphatic carbocycles. The summed E-state index contributed by atoms with van der Waals surface area (Å²) in [6.07, 6.45) is 0.956. The molecule has 2 rings (SSSR count). The second-order valence-corrected chi connectivity index (χ2v) is 5.17. The van der Waals surface area contributed by atoms with Crippen molar-refractivity contribution in [2.45, 2.75) is 26.3 Å². The monoisotopic (exact) mass is 287 g/mol. The van der Waals surface area contributed by atoms with Crippen molar-refractivity contribution in [3.8, 4) is 5.75 Å². The summed E-state index contributed by atoms with van der Waals surface area (Å²) in [5.74, 6) is 0.637. The summed E-state index contributed by atoms with van der Waals surface area (Å²) in [7, 11) is 1.88. The van der Waals surface area contributed by atoms with Crippen molar-refractivity contribution in [3.05, 3.63) is 65.0 Å². The first kappa shape index (κ1) is 15.5. The number of benzene rings is 2. The maximum absolute atomic E-state index is 13.7. The number of hydrogen-bond donors (Lipinski definition) is 1. The van der Waals surface area contributed by atoms with E-state index >= 15 is 0 Å². The molecule has 0 aromatic heterocycles. The highest BCUT2D eigenvalue weighted by molar-refractivity contribution is 5.42. The van der Waals surface area contributed by atoms with Crippen molar-refractivity contribution in [2.24, 2.45) is 0 Å². The van der Waals surface area contributed by atoms with Gasteiger partial charge in [-0.05, 0) is 49.7 Å². The predicted octanol–water partition coefficient (Wildman–Crippen LogP) is 4.23. The molecule has 0 aliphatic rings. The summed E-state index contributed by atoms with van der Waals surface area (Å²) in [6, 6.07) is 12.9. The van der Waals surface area contributed by atoms with Gasteiger partial charge in [0.2, 0.25) is 0 Å². The van der Waals surface area contributed by atoms with Gasteiger partial charge in [0.25, 0.3) is 0 Å². The minimum absolute atomic E-state index is 0.0903. The van der Waals surface area contributed by atoms with Gasteiger partial charge in [0.1, 0.15) is 11.6 Å². The van der Waals surface area contributed by atoms with Crippen LogP contribution in [-0.4, -0.2) is 13.7 Å². The quantitative estimate of drug-likeness (QED) is 0.858. The molecule has 1 atom stereocenters. The maximum atomic E-state index is 13.7. The van der Waals surface area contributed by atoms with E-state index in [2.05, 4.69) is 12.2 Å². The fraction of sp³-hybridized carbons (Fsp3) is 0.333.